The highest BCUT2D eigenvalue weighted by molar-refractivity contribution is 4.84. The van der Waals surface area contributed by atoms with E-state index in [1.807, 2.05) is 0 Å². The minimum Gasteiger partial charge on any atom is -0.385 e. The molecule has 1 rings (SSSR count). The molecule has 0 aromatic rings. The topological polar surface area (TPSA) is 30.5 Å². The van der Waals surface area contributed by atoms with Crippen molar-refractivity contribution >= 4 is 0 Å². The van der Waals surface area contributed by atoms with E-state index in [4.69, 9.17) is 9.47 Å². The van der Waals surface area contributed by atoms with Crippen molar-refractivity contribution in [3.8, 4) is 0 Å². The van der Waals surface area contributed by atoms with Crippen LogP contribution < -0.4 is 5.32 Å². The maximum atomic E-state index is 5.44. The molecule has 0 aromatic carbocycles. The Hall–Kier alpha value is -0.120. The first-order valence-corrected chi connectivity index (χ1v) is 5.99. The van der Waals surface area contributed by atoms with E-state index < -0.39 is 0 Å². The molecule has 0 bridgehead atoms. The number of hydrogen-bond acceptors (Lipinski definition) is 3. The second-order valence-electron chi connectivity index (χ2n) is 4.89. The molecule has 1 saturated heterocycles. The Labute approximate surface area is 93.5 Å². The molecule has 90 valence electrons. The Morgan fingerprint density at radius 2 is 2.00 bits per heavy atom. The summed E-state index contributed by atoms with van der Waals surface area (Å²) in [4.78, 5) is 0. The van der Waals surface area contributed by atoms with Gasteiger partial charge in [0.15, 0.2) is 0 Å². The standard InChI is InChI=1S/C12H25NO2/c1-11(2)13-10-12(4-7-14-3)5-8-15-9-6-12/h11,13H,4-10H2,1-3H3. The molecule has 1 aliphatic heterocycles. The quantitative estimate of drug-likeness (QED) is 0.733. The highest BCUT2D eigenvalue weighted by atomic mass is 16.5. The first-order chi connectivity index (χ1) is 7.18. The van der Waals surface area contributed by atoms with Gasteiger partial charge in [-0.05, 0) is 24.7 Å². The Balaban J connectivity index is 2.42. The molecular weight excluding hydrogens is 190 g/mol. The molecule has 3 nitrogen and oxygen atoms in total. The molecule has 1 N–H and O–H groups in total. The SMILES string of the molecule is COCCC1(CNC(C)C)CCOCC1. The maximum Gasteiger partial charge on any atom is 0.0471 e. The average Bonchev–Trinajstić information content (AvgIpc) is 2.25. The lowest BCUT2D eigenvalue weighted by molar-refractivity contribution is -0.00216. The Bertz CT molecular complexity index is 165. The zero-order chi connectivity index (χ0) is 11.1. The molecule has 0 unspecified atom stereocenters. The van der Waals surface area contributed by atoms with Gasteiger partial charge in [0, 0.05) is 39.5 Å². The van der Waals surface area contributed by atoms with E-state index in [2.05, 4.69) is 19.2 Å². The molecule has 3 heteroatoms. The van der Waals surface area contributed by atoms with Gasteiger partial charge < -0.3 is 14.8 Å². The number of hydrogen-bond donors (Lipinski definition) is 1. The summed E-state index contributed by atoms with van der Waals surface area (Å²) in [6.45, 7) is 8.16. The normalized spacial score (nSPS) is 20.8. The van der Waals surface area contributed by atoms with Gasteiger partial charge in [0.05, 0.1) is 0 Å². The van der Waals surface area contributed by atoms with Crippen molar-refractivity contribution in [3.05, 3.63) is 0 Å². The Kier molecular flexibility index (Phi) is 5.58. The second kappa shape index (κ2) is 6.46. The van der Waals surface area contributed by atoms with Crippen LogP contribution in [0.5, 0.6) is 0 Å². The van der Waals surface area contributed by atoms with Crippen LogP contribution in [0.15, 0.2) is 0 Å². The van der Waals surface area contributed by atoms with Crippen LogP contribution in [0, 0.1) is 5.41 Å². The van der Waals surface area contributed by atoms with Gasteiger partial charge >= 0.3 is 0 Å². The molecule has 0 aromatic heterocycles. The van der Waals surface area contributed by atoms with E-state index >= 15 is 0 Å². The van der Waals surface area contributed by atoms with Crippen molar-refractivity contribution in [2.75, 3.05) is 33.5 Å². The van der Waals surface area contributed by atoms with E-state index in [-0.39, 0.29) is 0 Å². The Morgan fingerprint density at radius 1 is 1.33 bits per heavy atom. The maximum absolute atomic E-state index is 5.44. The fourth-order valence-corrected chi connectivity index (χ4v) is 2.06. The number of ether oxygens (including phenoxy) is 2. The van der Waals surface area contributed by atoms with E-state index in [0.717, 1.165) is 45.6 Å². The minimum absolute atomic E-state index is 0.401. The third kappa shape index (κ3) is 4.49. The van der Waals surface area contributed by atoms with Crippen LogP contribution in [0.1, 0.15) is 33.1 Å². The molecule has 0 amide bonds. The predicted octanol–water partition coefficient (Wildman–Crippen LogP) is 1.82. The summed E-state index contributed by atoms with van der Waals surface area (Å²) in [7, 11) is 1.78. The van der Waals surface area contributed by atoms with Gasteiger partial charge in [-0.1, -0.05) is 13.8 Å². The van der Waals surface area contributed by atoms with Crippen molar-refractivity contribution < 1.29 is 9.47 Å². The number of nitrogens with one attached hydrogen (secondary N) is 1. The lowest BCUT2D eigenvalue weighted by Crippen LogP contribution is -2.42. The summed E-state index contributed by atoms with van der Waals surface area (Å²) in [5.41, 5.74) is 0.401. The van der Waals surface area contributed by atoms with E-state index in [1.54, 1.807) is 7.11 Å². The van der Waals surface area contributed by atoms with Gasteiger partial charge in [0.1, 0.15) is 0 Å². The lowest BCUT2D eigenvalue weighted by Gasteiger charge is -2.38. The summed E-state index contributed by atoms with van der Waals surface area (Å²) in [6.07, 6.45) is 3.47. The van der Waals surface area contributed by atoms with Crippen LogP contribution in [0.2, 0.25) is 0 Å². The van der Waals surface area contributed by atoms with Crippen molar-refractivity contribution in [1.82, 2.24) is 5.32 Å². The van der Waals surface area contributed by atoms with Crippen LogP contribution in [0.3, 0.4) is 0 Å². The summed E-state index contributed by atoms with van der Waals surface area (Å²) in [6, 6.07) is 0.562. The average molecular weight is 215 g/mol. The molecule has 0 atom stereocenters. The first kappa shape index (κ1) is 12.9. The van der Waals surface area contributed by atoms with Crippen LogP contribution in [0.4, 0.5) is 0 Å². The molecule has 15 heavy (non-hydrogen) atoms. The second-order valence-corrected chi connectivity index (χ2v) is 4.89. The smallest absolute Gasteiger partial charge is 0.0471 e. The summed E-state index contributed by atoms with van der Waals surface area (Å²) in [5, 5.41) is 3.55. The van der Waals surface area contributed by atoms with Crippen molar-refractivity contribution in [1.29, 1.82) is 0 Å². The van der Waals surface area contributed by atoms with Gasteiger partial charge in [-0.3, -0.25) is 0 Å². The molecule has 0 saturated carbocycles. The molecule has 1 aliphatic rings. The zero-order valence-electron chi connectivity index (χ0n) is 10.3. The van der Waals surface area contributed by atoms with E-state index in [1.165, 1.54) is 0 Å². The minimum atomic E-state index is 0.401. The zero-order valence-corrected chi connectivity index (χ0v) is 10.3. The monoisotopic (exact) mass is 215 g/mol. The number of methoxy groups -OCH3 is 1. The molecule has 0 spiro atoms. The van der Waals surface area contributed by atoms with Crippen molar-refractivity contribution in [3.63, 3.8) is 0 Å². The molecular formula is C12H25NO2. The van der Waals surface area contributed by atoms with Crippen LogP contribution in [-0.2, 0) is 9.47 Å². The van der Waals surface area contributed by atoms with Gasteiger partial charge in [0.2, 0.25) is 0 Å². The van der Waals surface area contributed by atoms with Gasteiger partial charge in [-0.25, -0.2) is 0 Å². The highest BCUT2D eigenvalue weighted by Gasteiger charge is 2.31. The number of rotatable bonds is 6. The molecule has 1 heterocycles. The van der Waals surface area contributed by atoms with Crippen LogP contribution in [-0.4, -0.2) is 39.5 Å². The van der Waals surface area contributed by atoms with Gasteiger partial charge in [-0.15, -0.1) is 0 Å². The predicted molar refractivity (Wildman–Crippen MR) is 62.1 cm³/mol. The lowest BCUT2D eigenvalue weighted by atomic mass is 9.77. The van der Waals surface area contributed by atoms with Gasteiger partial charge in [-0.2, -0.15) is 0 Å². The van der Waals surface area contributed by atoms with Gasteiger partial charge in [0.25, 0.3) is 0 Å². The summed E-state index contributed by atoms with van der Waals surface area (Å²) in [5.74, 6) is 0. The van der Waals surface area contributed by atoms with Crippen LogP contribution >= 0.6 is 0 Å². The highest BCUT2D eigenvalue weighted by Crippen LogP contribution is 2.33. The largest absolute Gasteiger partial charge is 0.385 e. The Morgan fingerprint density at radius 3 is 2.53 bits per heavy atom. The molecule has 1 fully saturated rings. The van der Waals surface area contributed by atoms with E-state index in [9.17, 15) is 0 Å². The molecule has 0 radical (unpaired) electrons. The first-order valence-electron chi connectivity index (χ1n) is 5.99. The fraction of sp³-hybridized carbons (Fsp3) is 1.00. The van der Waals surface area contributed by atoms with E-state index in [0.29, 0.717) is 11.5 Å². The van der Waals surface area contributed by atoms with Crippen molar-refractivity contribution in [2.24, 2.45) is 5.41 Å². The third-order valence-corrected chi connectivity index (χ3v) is 3.28. The fourth-order valence-electron chi connectivity index (χ4n) is 2.06. The third-order valence-electron chi connectivity index (χ3n) is 3.28. The molecule has 0 aliphatic carbocycles. The van der Waals surface area contributed by atoms with Crippen molar-refractivity contribution in [2.45, 2.75) is 39.2 Å². The summed E-state index contributed by atoms with van der Waals surface area (Å²) < 4.78 is 10.7. The van der Waals surface area contributed by atoms with Crippen LogP contribution in [0.25, 0.3) is 0 Å². The summed E-state index contributed by atoms with van der Waals surface area (Å²) >= 11 is 0.